The highest BCUT2D eigenvalue weighted by Crippen LogP contribution is 2.32. The summed E-state index contributed by atoms with van der Waals surface area (Å²) in [6, 6.07) is 8.63. The van der Waals surface area contributed by atoms with Crippen molar-refractivity contribution in [1.29, 1.82) is 0 Å². The summed E-state index contributed by atoms with van der Waals surface area (Å²) in [7, 11) is -3.71. The number of hydrogen-bond donors (Lipinski definition) is 0. The molecule has 3 aromatic rings. The summed E-state index contributed by atoms with van der Waals surface area (Å²) in [5.41, 5.74) is 1.62. The number of benzene rings is 1. The summed E-state index contributed by atoms with van der Waals surface area (Å²) in [5.74, 6) is -0.566. The highest BCUT2D eigenvalue weighted by Gasteiger charge is 2.32. The van der Waals surface area contributed by atoms with E-state index < -0.39 is 15.8 Å². The van der Waals surface area contributed by atoms with Crippen molar-refractivity contribution in [2.45, 2.75) is 18.7 Å². The number of thiophene rings is 1. The van der Waals surface area contributed by atoms with Crippen molar-refractivity contribution in [3.63, 3.8) is 0 Å². The molecular weight excluding hydrogens is 425 g/mol. The third-order valence-corrected chi connectivity index (χ3v) is 8.53. The predicted molar refractivity (Wildman–Crippen MR) is 114 cm³/mol. The molecule has 30 heavy (non-hydrogen) atoms. The minimum absolute atomic E-state index is 0.0582. The molecule has 1 aliphatic heterocycles. The first-order chi connectivity index (χ1) is 14.3. The van der Waals surface area contributed by atoms with Crippen molar-refractivity contribution < 1.29 is 17.6 Å². The van der Waals surface area contributed by atoms with Gasteiger partial charge in [0.2, 0.25) is 10.0 Å². The lowest BCUT2D eigenvalue weighted by Crippen LogP contribution is -2.50. The lowest BCUT2D eigenvalue weighted by Gasteiger charge is -2.34. The molecule has 1 saturated heterocycles. The third-order valence-electron chi connectivity index (χ3n) is 5.40. The molecule has 1 aliphatic rings. The predicted octanol–water partition coefficient (Wildman–Crippen LogP) is 3.44. The van der Waals surface area contributed by atoms with Crippen LogP contribution in [0.25, 0.3) is 5.00 Å². The van der Waals surface area contributed by atoms with Crippen LogP contribution in [-0.2, 0) is 10.0 Å². The molecule has 0 saturated carbocycles. The first-order valence-corrected chi connectivity index (χ1v) is 11.8. The Morgan fingerprint density at radius 3 is 2.20 bits per heavy atom. The highest BCUT2D eigenvalue weighted by atomic mass is 32.2. The van der Waals surface area contributed by atoms with Crippen LogP contribution < -0.4 is 0 Å². The highest BCUT2D eigenvalue weighted by molar-refractivity contribution is 7.89. The van der Waals surface area contributed by atoms with Crippen LogP contribution in [0.2, 0.25) is 0 Å². The molecule has 158 valence electrons. The first-order valence-electron chi connectivity index (χ1n) is 9.57. The van der Waals surface area contributed by atoms with Gasteiger partial charge in [-0.1, -0.05) is 0 Å². The summed E-state index contributed by atoms with van der Waals surface area (Å²) in [6.45, 7) is 4.95. The minimum atomic E-state index is -3.71. The summed E-state index contributed by atoms with van der Waals surface area (Å²) in [5, 5.41) is 0.876. The Bertz CT molecular complexity index is 1160. The molecule has 0 N–H and O–H groups in total. The van der Waals surface area contributed by atoms with E-state index in [1.807, 2.05) is 42.9 Å². The van der Waals surface area contributed by atoms with Crippen molar-refractivity contribution in [3.05, 3.63) is 70.6 Å². The fourth-order valence-corrected chi connectivity index (χ4v) is 6.09. The van der Waals surface area contributed by atoms with Crippen LogP contribution in [0, 0.1) is 19.7 Å². The van der Waals surface area contributed by atoms with E-state index in [4.69, 9.17) is 0 Å². The van der Waals surface area contributed by atoms with Gasteiger partial charge in [0.25, 0.3) is 5.91 Å². The normalized spacial score (nSPS) is 15.5. The maximum absolute atomic E-state index is 13.3. The van der Waals surface area contributed by atoms with Gasteiger partial charge in [0, 0.05) is 43.4 Å². The SMILES string of the molecule is Cc1sc(-n2cccc2)c(C(=O)N2CCN(S(=O)(=O)c3ccc(F)cc3)CC2)c1C. The van der Waals surface area contributed by atoms with Crippen molar-refractivity contribution in [2.75, 3.05) is 26.2 Å². The van der Waals surface area contributed by atoms with Crippen LogP contribution in [0.4, 0.5) is 4.39 Å². The number of sulfonamides is 1. The zero-order valence-corrected chi connectivity index (χ0v) is 18.3. The van der Waals surface area contributed by atoms with E-state index in [2.05, 4.69) is 0 Å². The van der Waals surface area contributed by atoms with E-state index in [0.29, 0.717) is 18.7 Å². The Labute approximate surface area is 179 Å². The molecule has 1 fully saturated rings. The van der Waals surface area contributed by atoms with Gasteiger partial charge < -0.3 is 9.47 Å². The van der Waals surface area contributed by atoms with E-state index in [1.54, 1.807) is 16.2 Å². The van der Waals surface area contributed by atoms with Crippen LogP contribution in [-0.4, -0.2) is 54.3 Å². The molecule has 0 spiro atoms. The van der Waals surface area contributed by atoms with Crippen molar-refractivity contribution in [3.8, 4) is 5.00 Å². The van der Waals surface area contributed by atoms with Gasteiger partial charge in [0.15, 0.2) is 0 Å². The largest absolute Gasteiger partial charge is 0.336 e. The van der Waals surface area contributed by atoms with Crippen LogP contribution >= 0.6 is 11.3 Å². The topological polar surface area (TPSA) is 62.6 Å². The Morgan fingerprint density at radius 2 is 1.60 bits per heavy atom. The Balaban J connectivity index is 1.53. The number of amides is 1. The van der Waals surface area contributed by atoms with Gasteiger partial charge in [0.05, 0.1) is 10.5 Å². The van der Waals surface area contributed by atoms with Gasteiger partial charge in [0.1, 0.15) is 10.8 Å². The second-order valence-electron chi connectivity index (χ2n) is 7.20. The quantitative estimate of drug-likeness (QED) is 0.616. The number of piperazine rings is 1. The number of carbonyl (C=O) groups excluding carboxylic acids is 1. The average molecular weight is 448 g/mol. The molecule has 3 heterocycles. The zero-order valence-electron chi connectivity index (χ0n) is 16.7. The Morgan fingerprint density at radius 1 is 1.00 bits per heavy atom. The van der Waals surface area contributed by atoms with E-state index >= 15 is 0 Å². The molecule has 0 atom stereocenters. The monoisotopic (exact) mass is 447 g/mol. The van der Waals surface area contributed by atoms with Crippen molar-refractivity contribution in [1.82, 2.24) is 13.8 Å². The second kappa shape index (κ2) is 7.98. The van der Waals surface area contributed by atoms with Gasteiger partial charge in [-0.25, -0.2) is 12.8 Å². The number of aryl methyl sites for hydroxylation is 1. The van der Waals surface area contributed by atoms with Gasteiger partial charge >= 0.3 is 0 Å². The zero-order chi connectivity index (χ0) is 21.5. The average Bonchev–Trinajstić information content (AvgIpc) is 3.37. The number of carbonyl (C=O) groups is 1. The van der Waals surface area contributed by atoms with E-state index in [9.17, 15) is 17.6 Å². The van der Waals surface area contributed by atoms with E-state index in [0.717, 1.165) is 27.6 Å². The fraction of sp³-hybridized carbons (Fsp3) is 0.286. The molecule has 0 bridgehead atoms. The summed E-state index contributed by atoms with van der Waals surface area (Å²) >= 11 is 1.57. The molecule has 1 aromatic carbocycles. The Hall–Kier alpha value is -2.49. The van der Waals surface area contributed by atoms with Crippen molar-refractivity contribution in [2.24, 2.45) is 0 Å². The summed E-state index contributed by atoms with van der Waals surface area (Å²) < 4.78 is 42.0. The van der Waals surface area contributed by atoms with E-state index in [1.165, 1.54) is 16.4 Å². The molecule has 0 radical (unpaired) electrons. The number of nitrogens with zero attached hydrogens (tertiary/aromatic N) is 3. The third kappa shape index (κ3) is 3.68. The molecule has 0 unspecified atom stereocenters. The summed E-state index contributed by atoms with van der Waals surface area (Å²) in [4.78, 5) is 16.2. The van der Waals surface area contributed by atoms with Gasteiger partial charge in [-0.15, -0.1) is 11.3 Å². The number of hydrogen-bond acceptors (Lipinski definition) is 4. The molecule has 1 amide bonds. The molecule has 9 heteroatoms. The van der Waals surface area contributed by atoms with Gasteiger partial charge in [-0.2, -0.15) is 4.31 Å². The lowest BCUT2D eigenvalue weighted by molar-refractivity contribution is 0.0697. The minimum Gasteiger partial charge on any atom is -0.336 e. The Kier molecular flexibility index (Phi) is 5.52. The molecular formula is C21H22FN3O3S2. The van der Waals surface area contributed by atoms with Crippen LogP contribution in [0.15, 0.2) is 53.7 Å². The summed E-state index contributed by atoms with van der Waals surface area (Å²) in [6.07, 6.45) is 3.82. The molecule has 0 aliphatic carbocycles. The lowest BCUT2D eigenvalue weighted by atomic mass is 10.1. The van der Waals surface area contributed by atoms with Gasteiger partial charge in [-0.05, 0) is 55.8 Å². The molecule has 6 nitrogen and oxygen atoms in total. The van der Waals surface area contributed by atoms with Gasteiger partial charge in [-0.3, -0.25) is 4.79 Å². The van der Waals surface area contributed by atoms with Crippen molar-refractivity contribution >= 4 is 27.3 Å². The second-order valence-corrected chi connectivity index (χ2v) is 10.3. The fourth-order valence-electron chi connectivity index (χ4n) is 3.56. The van der Waals surface area contributed by atoms with Crippen LogP contribution in [0.5, 0.6) is 0 Å². The van der Waals surface area contributed by atoms with Crippen LogP contribution in [0.3, 0.4) is 0 Å². The maximum atomic E-state index is 13.3. The number of rotatable bonds is 4. The standard InChI is InChI=1S/C21H22FN3O3S2/c1-15-16(2)29-21(24-9-3-4-10-24)19(15)20(26)23-11-13-25(14-12-23)30(27,28)18-7-5-17(22)6-8-18/h3-10H,11-14H2,1-2H3. The van der Waals surface area contributed by atoms with E-state index in [-0.39, 0.29) is 23.9 Å². The number of aromatic nitrogens is 1. The maximum Gasteiger partial charge on any atom is 0.257 e. The smallest absolute Gasteiger partial charge is 0.257 e. The van der Waals surface area contributed by atoms with Crippen LogP contribution in [0.1, 0.15) is 20.8 Å². The molecule has 4 rings (SSSR count). The first kappa shape index (κ1) is 20.8. The molecule has 2 aromatic heterocycles. The number of halogens is 1.